The Morgan fingerprint density at radius 2 is 1.89 bits per heavy atom. The van der Waals surface area contributed by atoms with Gasteiger partial charge in [0.25, 0.3) is 0 Å². The summed E-state index contributed by atoms with van der Waals surface area (Å²) in [5.74, 6) is 1.09. The molecule has 3 rings (SSSR count). The van der Waals surface area contributed by atoms with E-state index in [1.165, 1.54) is 0 Å². The van der Waals surface area contributed by atoms with Crippen LogP contribution in [0.1, 0.15) is 65.4 Å². The van der Waals surface area contributed by atoms with Crippen molar-refractivity contribution in [2.75, 3.05) is 7.11 Å². The van der Waals surface area contributed by atoms with Gasteiger partial charge in [0.15, 0.2) is 11.6 Å². The summed E-state index contributed by atoms with van der Waals surface area (Å²) >= 11 is 6.48. The first-order chi connectivity index (χ1) is 17.7. The summed E-state index contributed by atoms with van der Waals surface area (Å²) in [7, 11) is 1.58. The average Bonchev–Trinajstić information content (AvgIpc) is 2.89. The fourth-order valence-corrected chi connectivity index (χ4v) is 4.54. The van der Waals surface area contributed by atoms with Crippen LogP contribution < -0.4 is 10.4 Å². The number of H-pyrrole nitrogens is 1. The Morgan fingerprint density at radius 1 is 1.14 bits per heavy atom. The van der Waals surface area contributed by atoms with Crippen molar-refractivity contribution in [3.05, 3.63) is 57.6 Å². The van der Waals surface area contributed by atoms with Crippen LogP contribution in [0.3, 0.4) is 0 Å². The number of nitrogens with zero attached hydrogens (tertiary/aromatic N) is 3. The number of benzene rings is 1. The number of hydrogen-bond donors (Lipinski definition) is 1. The van der Waals surface area contributed by atoms with E-state index in [0.717, 1.165) is 18.4 Å². The third kappa shape index (κ3) is 7.02. The first-order valence-corrected chi connectivity index (χ1v) is 13.1. The summed E-state index contributed by atoms with van der Waals surface area (Å²) in [5, 5.41) is 0.426. The van der Waals surface area contributed by atoms with E-state index in [4.69, 9.17) is 21.1 Å². The maximum Gasteiger partial charge on any atom is 0.348 e. The van der Waals surface area contributed by atoms with Crippen LogP contribution >= 0.6 is 11.6 Å². The Morgan fingerprint density at radius 3 is 2.51 bits per heavy atom. The minimum atomic E-state index is -0.759. The second-order valence-electron chi connectivity index (χ2n) is 9.07. The zero-order valence-corrected chi connectivity index (χ0v) is 22.9. The van der Waals surface area contributed by atoms with Gasteiger partial charge in [-0.3, -0.25) is 9.78 Å². The van der Waals surface area contributed by atoms with Gasteiger partial charge < -0.3 is 9.47 Å². The van der Waals surface area contributed by atoms with Crippen molar-refractivity contribution in [1.82, 2.24) is 19.9 Å². The lowest BCUT2D eigenvalue weighted by molar-refractivity contribution is -0.142. The van der Waals surface area contributed by atoms with Crippen LogP contribution in [0, 0.1) is 0 Å². The number of ether oxygens (including phenoxy) is 2. The highest BCUT2D eigenvalue weighted by Gasteiger charge is 2.33. The van der Waals surface area contributed by atoms with Crippen molar-refractivity contribution < 1.29 is 14.3 Å². The van der Waals surface area contributed by atoms with Gasteiger partial charge in [0.2, 0.25) is 5.88 Å². The molecule has 0 unspecified atom stereocenters. The number of Topliss-reactive ketones (excluding diaryl/α,β-unsaturated/α-hetero) is 1. The molecule has 9 heteroatoms. The number of nitrogens with one attached hydrogen (secondary N) is 1. The van der Waals surface area contributed by atoms with Gasteiger partial charge in [-0.2, -0.15) is 4.98 Å². The second kappa shape index (κ2) is 12.9. The Bertz CT molecular complexity index is 1250. The molecular formula is C28H35ClN4O4. The molecule has 0 fully saturated rings. The largest absolute Gasteiger partial charge is 0.475 e. The van der Waals surface area contributed by atoms with Gasteiger partial charge in [-0.25, -0.2) is 14.8 Å². The van der Waals surface area contributed by atoms with E-state index in [-0.39, 0.29) is 17.7 Å². The van der Waals surface area contributed by atoms with E-state index >= 15 is 0 Å². The minimum absolute atomic E-state index is 0.0605. The number of pyridine rings is 1. The van der Waals surface area contributed by atoms with Gasteiger partial charge >= 0.3 is 5.69 Å². The summed E-state index contributed by atoms with van der Waals surface area (Å²) in [4.78, 5) is 40.9. The van der Waals surface area contributed by atoms with Gasteiger partial charge in [0, 0.05) is 36.9 Å². The first-order valence-electron chi connectivity index (χ1n) is 12.7. The monoisotopic (exact) mass is 526 g/mol. The fraction of sp³-hybridized carbons (Fsp3) is 0.464. The van der Waals surface area contributed by atoms with Crippen molar-refractivity contribution >= 4 is 17.4 Å². The predicted octanol–water partition coefficient (Wildman–Crippen LogP) is 5.82. The molecule has 2 heterocycles. The molecule has 0 radical (unpaired) electrons. The minimum Gasteiger partial charge on any atom is -0.475 e. The molecule has 1 atom stereocenters. The molecule has 2 aromatic heterocycles. The van der Waals surface area contributed by atoms with Crippen LogP contribution in [0.25, 0.3) is 22.8 Å². The Balaban J connectivity index is 1.84. The normalized spacial score (nSPS) is 12.4. The van der Waals surface area contributed by atoms with E-state index in [0.29, 0.717) is 53.5 Å². The molecular weight excluding hydrogens is 492 g/mol. The number of rotatable bonds is 13. The molecule has 0 aliphatic heterocycles. The van der Waals surface area contributed by atoms with E-state index in [1.54, 1.807) is 31.5 Å². The van der Waals surface area contributed by atoms with Gasteiger partial charge in [0.05, 0.1) is 11.1 Å². The summed E-state index contributed by atoms with van der Waals surface area (Å²) in [5.41, 5.74) is 0.720. The summed E-state index contributed by atoms with van der Waals surface area (Å²) in [6.07, 6.45) is 5.68. The topological polar surface area (TPSA) is 107 Å². The molecule has 1 N–H and O–H groups in total. The van der Waals surface area contributed by atoms with Gasteiger partial charge in [-0.1, -0.05) is 44.9 Å². The molecule has 0 amide bonds. The SMILES string of the molecule is CCC[C@H](C)Oc1ccc(-c2nc(-c3cc(CCC(=O)C(CC)(CC)OC)ccc3Cl)[nH]c(=O)n2)cn1. The quantitative estimate of drug-likeness (QED) is 0.299. The molecule has 0 saturated carbocycles. The number of halogens is 1. The van der Waals surface area contributed by atoms with Crippen LogP contribution in [-0.4, -0.2) is 44.5 Å². The Kier molecular flexibility index (Phi) is 9.94. The lowest BCUT2D eigenvalue weighted by atomic mass is 9.88. The maximum absolute atomic E-state index is 12.9. The number of methoxy groups -OCH3 is 1. The molecule has 0 aliphatic carbocycles. The van der Waals surface area contributed by atoms with Crippen molar-refractivity contribution in [3.8, 4) is 28.7 Å². The second-order valence-corrected chi connectivity index (χ2v) is 9.48. The molecule has 1 aromatic carbocycles. The van der Waals surface area contributed by atoms with Crippen LogP contribution in [-0.2, 0) is 16.0 Å². The number of carbonyl (C=O) groups is 1. The predicted molar refractivity (Wildman–Crippen MR) is 145 cm³/mol. The zero-order chi connectivity index (χ0) is 27.0. The lowest BCUT2D eigenvalue weighted by Gasteiger charge is -2.28. The van der Waals surface area contributed by atoms with Crippen LogP contribution in [0.4, 0.5) is 0 Å². The molecule has 0 bridgehead atoms. The number of carbonyl (C=O) groups excluding carboxylic acids is 1. The van der Waals surface area contributed by atoms with E-state index in [1.807, 2.05) is 32.9 Å². The number of hydrogen-bond acceptors (Lipinski definition) is 7. The number of ketones is 1. The molecule has 0 saturated heterocycles. The van der Waals surface area contributed by atoms with Crippen molar-refractivity contribution in [1.29, 1.82) is 0 Å². The highest BCUT2D eigenvalue weighted by atomic mass is 35.5. The van der Waals surface area contributed by atoms with Crippen molar-refractivity contribution in [2.45, 2.75) is 77.9 Å². The summed E-state index contributed by atoms with van der Waals surface area (Å²) in [6.45, 7) is 8.01. The first kappa shape index (κ1) is 28.5. The highest BCUT2D eigenvalue weighted by Crippen LogP contribution is 2.29. The van der Waals surface area contributed by atoms with Crippen molar-refractivity contribution in [3.63, 3.8) is 0 Å². The number of aromatic amines is 1. The molecule has 0 spiro atoms. The van der Waals surface area contributed by atoms with Crippen LogP contribution in [0.5, 0.6) is 5.88 Å². The Hall–Kier alpha value is -3.10. The highest BCUT2D eigenvalue weighted by molar-refractivity contribution is 6.33. The molecule has 0 aliphatic rings. The smallest absolute Gasteiger partial charge is 0.348 e. The molecule has 8 nitrogen and oxygen atoms in total. The van der Waals surface area contributed by atoms with E-state index in [9.17, 15) is 9.59 Å². The van der Waals surface area contributed by atoms with Gasteiger partial charge in [-0.05, 0) is 56.4 Å². The van der Waals surface area contributed by atoms with E-state index < -0.39 is 11.3 Å². The lowest BCUT2D eigenvalue weighted by Crippen LogP contribution is -2.39. The third-order valence-corrected chi connectivity index (χ3v) is 6.96. The Labute approximate surface area is 222 Å². The number of aromatic nitrogens is 4. The molecule has 198 valence electrons. The van der Waals surface area contributed by atoms with Crippen LogP contribution in [0.15, 0.2) is 41.3 Å². The van der Waals surface area contributed by atoms with Gasteiger partial charge in [-0.15, -0.1) is 0 Å². The van der Waals surface area contributed by atoms with Crippen LogP contribution in [0.2, 0.25) is 5.02 Å². The van der Waals surface area contributed by atoms with Gasteiger partial charge in [0.1, 0.15) is 11.4 Å². The average molecular weight is 527 g/mol. The molecule has 37 heavy (non-hydrogen) atoms. The zero-order valence-electron chi connectivity index (χ0n) is 22.1. The summed E-state index contributed by atoms with van der Waals surface area (Å²) < 4.78 is 11.4. The third-order valence-electron chi connectivity index (χ3n) is 6.63. The van der Waals surface area contributed by atoms with E-state index in [2.05, 4.69) is 26.9 Å². The number of aryl methyl sites for hydroxylation is 1. The maximum atomic E-state index is 12.9. The standard InChI is InChI=1S/C28H35ClN4O4/c1-6-9-18(4)37-24-15-12-20(17-30-24)25-31-26(33-27(35)32-25)21-16-19(10-13-22(21)29)11-14-23(34)28(7-2,8-3)36-5/h10,12-13,15-18H,6-9,11,14H2,1-5H3,(H,31,32,33,35)/t18-/m0/s1. The van der Waals surface area contributed by atoms with Crippen molar-refractivity contribution in [2.24, 2.45) is 0 Å². The fourth-order valence-electron chi connectivity index (χ4n) is 4.34. The summed E-state index contributed by atoms with van der Waals surface area (Å²) in [6, 6.07) is 8.96. The molecule has 3 aromatic rings.